The van der Waals surface area contributed by atoms with Crippen LogP contribution in [-0.4, -0.2) is 60.9 Å². The number of piperidine rings is 1. The second-order valence-electron chi connectivity index (χ2n) is 8.03. The highest BCUT2D eigenvalue weighted by atomic mass is 16.3. The molecule has 0 amide bonds. The van der Waals surface area contributed by atoms with Gasteiger partial charge in [0, 0.05) is 57.6 Å². The molecule has 3 heterocycles. The number of aliphatic hydroxyl groups excluding tert-OH is 1. The van der Waals surface area contributed by atoms with Crippen LogP contribution in [0.2, 0.25) is 0 Å². The Morgan fingerprint density at radius 1 is 0.893 bits per heavy atom. The van der Waals surface area contributed by atoms with Gasteiger partial charge >= 0.3 is 0 Å². The number of hydrogen-bond donors (Lipinski definition) is 1. The first-order valence-electron chi connectivity index (χ1n) is 10.5. The number of aliphatic hydroxyl groups is 1. The summed E-state index contributed by atoms with van der Waals surface area (Å²) in [5.41, 5.74) is 2.61. The van der Waals surface area contributed by atoms with Crippen LogP contribution < -0.4 is 14.7 Å². The Morgan fingerprint density at radius 2 is 1.57 bits per heavy atom. The molecule has 1 unspecified atom stereocenters. The first-order valence-corrected chi connectivity index (χ1v) is 10.5. The van der Waals surface area contributed by atoms with Gasteiger partial charge in [0.2, 0.25) is 0 Å². The molecule has 2 fully saturated rings. The van der Waals surface area contributed by atoms with E-state index in [1.807, 2.05) is 0 Å². The molecule has 6 nitrogen and oxygen atoms in total. The fourth-order valence-electron chi connectivity index (χ4n) is 4.27. The van der Waals surface area contributed by atoms with E-state index in [-0.39, 0.29) is 6.61 Å². The predicted molar refractivity (Wildman–Crippen MR) is 114 cm³/mol. The molecule has 2 aliphatic heterocycles. The molecule has 0 aliphatic carbocycles. The molecule has 1 aromatic carbocycles. The summed E-state index contributed by atoms with van der Waals surface area (Å²) in [5.74, 6) is 2.36. The molecule has 1 N–H and O–H groups in total. The minimum atomic E-state index is 0.259. The minimum Gasteiger partial charge on any atom is -0.396 e. The maximum absolute atomic E-state index is 9.51. The summed E-state index contributed by atoms with van der Waals surface area (Å²) in [6.07, 6.45) is 5.02. The van der Waals surface area contributed by atoms with Crippen molar-refractivity contribution >= 4 is 17.3 Å². The fraction of sp³-hybridized carbons (Fsp3) is 0.545. The van der Waals surface area contributed by atoms with E-state index < -0.39 is 0 Å². The Morgan fingerprint density at radius 3 is 2.36 bits per heavy atom. The van der Waals surface area contributed by atoms with Crippen molar-refractivity contribution in [2.75, 3.05) is 60.6 Å². The van der Waals surface area contributed by atoms with E-state index >= 15 is 0 Å². The third-order valence-corrected chi connectivity index (χ3v) is 5.96. The summed E-state index contributed by atoms with van der Waals surface area (Å²) >= 11 is 0. The maximum Gasteiger partial charge on any atom is 0.134 e. The van der Waals surface area contributed by atoms with E-state index in [0.717, 1.165) is 70.2 Å². The zero-order valence-electron chi connectivity index (χ0n) is 16.8. The molecular weight excluding hydrogens is 350 g/mol. The zero-order valence-corrected chi connectivity index (χ0v) is 16.8. The van der Waals surface area contributed by atoms with Gasteiger partial charge in [-0.05, 0) is 44.2 Å². The van der Waals surface area contributed by atoms with Crippen LogP contribution in [0.15, 0.2) is 36.7 Å². The summed E-state index contributed by atoms with van der Waals surface area (Å²) in [6.45, 7) is 8.33. The van der Waals surface area contributed by atoms with Crippen molar-refractivity contribution in [2.24, 2.45) is 5.92 Å². The molecular formula is C22H31N5O. The van der Waals surface area contributed by atoms with Gasteiger partial charge in [-0.3, -0.25) is 0 Å². The first kappa shape index (κ1) is 19.0. The number of rotatable bonds is 4. The van der Waals surface area contributed by atoms with Crippen LogP contribution in [0, 0.1) is 12.8 Å². The monoisotopic (exact) mass is 381 g/mol. The third kappa shape index (κ3) is 4.38. The molecule has 1 aromatic heterocycles. The van der Waals surface area contributed by atoms with Crippen molar-refractivity contribution in [3.63, 3.8) is 0 Å². The van der Waals surface area contributed by atoms with E-state index in [1.54, 1.807) is 6.33 Å². The van der Waals surface area contributed by atoms with Gasteiger partial charge < -0.3 is 19.8 Å². The molecule has 1 atom stereocenters. The van der Waals surface area contributed by atoms with Crippen LogP contribution in [0.3, 0.4) is 0 Å². The van der Waals surface area contributed by atoms with Crippen LogP contribution in [0.5, 0.6) is 0 Å². The van der Waals surface area contributed by atoms with E-state index in [4.69, 9.17) is 0 Å². The SMILES string of the molecule is Cc1ccc(N2CCCN(c3cc(N4CCCC(CO)C4)ncn3)CC2)cc1. The lowest BCUT2D eigenvalue weighted by Crippen LogP contribution is -2.37. The lowest BCUT2D eigenvalue weighted by atomic mass is 9.99. The van der Waals surface area contributed by atoms with Gasteiger partial charge in [0.25, 0.3) is 0 Å². The van der Waals surface area contributed by atoms with Gasteiger partial charge in [-0.1, -0.05) is 17.7 Å². The van der Waals surface area contributed by atoms with Crippen molar-refractivity contribution in [3.8, 4) is 0 Å². The van der Waals surface area contributed by atoms with Crippen LogP contribution in [0.1, 0.15) is 24.8 Å². The Balaban J connectivity index is 1.43. The summed E-state index contributed by atoms with van der Waals surface area (Å²) in [5, 5.41) is 9.51. The van der Waals surface area contributed by atoms with Crippen molar-refractivity contribution in [3.05, 3.63) is 42.2 Å². The Kier molecular flexibility index (Phi) is 5.95. The number of nitrogens with zero attached hydrogens (tertiary/aromatic N) is 5. The average molecular weight is 382 g/mol. The second-order valence-corrected chi connectivity index (χ2v) is 8.03. The number of anilines is 3. The van der Waals surface area contributed by atoms with E-state index in [0.29, 0.717) is 5.92 Å². The van der Waals surface area contributed by atoms with Crippen LogP contribution in [0.4, 0.5) is 17.3 Å². The van der Waals surface area contributed by atoms with E-state index in [2.05, 4.69) is 61.9 Å². The van der Waals surface area contributed by atoms with Gasteiger partial charge in [-0.25, -0.2) is 9.97 Å². The lowest BCUT2D eigenvalue weighted by molar-refractivity contribution is 0.208. The molecule has 0 radical (unpaired) electrons. The highest BCUT2D eigenvalue weighted by Gasteiger charge is 2.22. The second kappa shape index (κ2) is 8.78. The normalized spacial score (nSPS) is 20.9. The average Bonchev–Trinajstić information content (AvgIpc) is 3.01. The Hall–Kier alpha value is -2.34. The first-order chi connectivity index (χ1) is 13.7. The van der Waals surface area contributed by atoms with E-state index in [9.17, 15) is 5.11 Å². The highest BCUT2D eigenvalue weighted by molar-refractivity contribution is 5.52. The molecule has 28 heavy (non-hydrogen) atoms. The van der Waals surface area contributed by atoms with Crippen LogP contribution >= 0.6 is 0 Å². The van der Waals surface area contributed by atoms with Crippen molar-refractivity contribution in [2.45, 2.75) is 26.2 Å². The van der Waals surface area contributed by atoms with Gasteiger partial charge in [0.05, 0.1) is 0 Å². The van der Waals surface area contributed by atoms with Crippen molar-refractivity contribution < 1.29 is 5.11 Å². The largest absolute Gasteiger partial charge is 0.396 e. The standard InChI is InChI=1S/C22H31N5O/c1-18-5-7-20(8-6-18)25-10-3-11-26(13-12-25)21-14-22(24-17-23-21)27-9-2-4-19(15-27)16-28/h5-8,14,17,19,28H,2-4,9-13,15-16H2,1H3. The number of benzene rings is 1. The molecule has 2 aromatic rings. The van der Waals surface area contributed by atoms with Gasteiger partial charge in [0.1, 0.15) is 18.0 Å². The third-order valence-electron chi connectivity index (χ3n) is 5.96. The summed E-state index contributed by atoms with van der Waals surface area (Å²) in [4.78, 5) is 16.2. The Bertz CT molecular complexity index is 766. The quantitative estimate of drug-likeness (QED) is 0.879. The number of aryl methyl sites for hydroxylation is 1. The molecule has 0 saturated carbocycles. The summed E-state index contributed by atoms with van der Waals surface area (Å²) < 4.78 is 0. The Labute approximate surface area is 167 Å². The topological polar surface area (TPSA) is 55.7 Å². The molecule has 6 heteroatoms. The molecule has 150 valence electrons. The van der Waals surface area contributed by atoms with Crippen LogP contribution in [0.25, 0.3) is 0 Å². The molecule has 4 rings (SSSR count). The lowest BCUT2D eigenvalue weighted by Gasteiger charge is -2.33. The molecule has 0 spiro atoms. The van der Waals surface area contributed by atoms with Gasteiger partial charge in [0.15, 0.2) is 0 Å². The zero-order chi connectivity index (χ0) is 19.3. The summed E-state index contributed by atoms with van der Waals surface area (Å²) in [7, 11) is 0. The number of aromatic nitrogens is 2. The molecule has 2 aliphatic rings. The maximum atomic E-state index is 9.51. The fourth-order valence-corrected chi connectivity index (χ4v) is 4.27. The van der Waals surface area contributed by atoms with Gasteiger partial charge in [-0.15, -0.1) is 0 Å². The predicted octanol–water partition coefficient (Wildman–Crippen LogP) is 2.71. The summed E-state index contributed by atoms with van der Waals surface area (Å²) in [6, 6.07) is 10.9. The van der Waals surface area contributed by atoms with Crippen molar-refractivity contribution in [1.82, 2.24) is 9.97 Å². The van der Waals surface area contributed by atoms with E-state index in [1.165, 1.54) is 11.3 Å². The van der Waals surface area contributed by atoms with Gasteiger partial charge in [-0.2, -0.15) is 0 Å². The van der Waals surface area contributed by atoms with Crippen molar-refractivity contribution in [1.29, 1.82) is 0 Å². The minimum absolute atomic E-state index is 0.259. The molecule has 0 bridgehead atoms. The highest BCUT2D eigenvalue weighted by Crippen LogP contribution is 2.25. The molecule has 2 saturated heterocycles. The smallest absolute Gasteiger partial charge is 0.134 e. The number of hydrogen-bond acceptors (Lipinski definition) is 6. The van der Waals surface area contributed by atoms with Crippen LogP contribution in [-0.2, 0) is 0 Å².